The molecule has 1 aromatic carbocycles. The second kappa shape index (κ2) is 24.9. The first-order chi connectivity index (χ1) is 24.8. The molecule has 1 aromatic heterocycles. The lowest BCUT2D eigenvalue weighted by Gasteiger charge is -2.17. The fourth-order valence-corrected chi connectivity index (χ4v) is 6.30. The van der Waals surface area contributed by atoms with Gasteiger partial charge in [-0.15, -0.1) is 11.6 Å². The zero-order valence-corrected chi connectivity index (χ0v) is 32.7. The van der Waals surface area contributed by atoms with Crippen LogP contribution in [-0.4, -0.2) is 41.3 Å². The highest BCUT2D eigenvalue weighted by atomic mass is 35.5. The van der Waals surface area contributed by atoms with Crippen molar-refractivity contribution in [2.45, 2.75) is 96.1 Å². The zero-order valence-electron chi connectivity index (χ0n) is 30.4. The van der Waals surface area contributed by atoms with Gasteiger partial charge in [0.1, 0.15) is 5.69 Å². The number of nitrogens with one attached hydrogen (secondary N) is 2. The number of alkyl halides is 1. The van der Waals surface area contributed by atoms with Gasteiger partial charge in [-0.3, -0.25) is 10.1 Å². The molecular weight excluding hydrogens is 699 g/mol. The second-order valence-electron chi connectivity index (χ2n) is 12.4. The lowest BCUT2D eigenvalue weighted by molar-refractivity contribution is -0.121. The molecule has 0 spiro atoms. The van der Waals surface area contributed by atoms with E-state index in [-0.39, 0.29) is 11.3 Å². The number of nitrogens with zero attached hydrogens (tertiary/aromatic N) is 2. The van der Waals surface area contributed by atoms with E-state index in [2.05, 4.69) is 78.3 Å². The molecular formula is C42H55Cl3N4O2. The Morgan fingerprint density at radius 2 is 1.53 bits per heavy atom. The van der Waals surface area contributed by atoms with E-state index in [1.807, 2.05) is 48.0 Å². The summed E-state index contributed by atoms with van der Waals surface area (Å²) in [6, 6.07) is 7.64. The smallest absolute Gasteiger partial charge is 0.220 e. The Morgan fingerprint density at radius 1 is 0.922 bits per heavy atom. The van der Waals surface area contributed by atoms with E-state index in [0.29, 0.717) is 36.0 Å². The Bertz CT molecular complexity index is 1550. The molecule has 1 aliphatic carbocycles. The van der Waals surface area contributed by atoms with Gasteiger partial charge in [0.05, 0.1) is 16.8 Å². The number of ether oxygens (including phenoxy) is 1. The van der Waals surface area contributed by atoms with Crippen molar-refractivity contribution in [2.24, 2.45) is 0 Å². The van der Waals surface area contributed by atoms with Crippen LogP contribution in [0.2, 0.25) is 5.02 Å². The van der Waals surface area contributed by atoms with E-state index in [1.165, 1.54) is 6.42 Å². The van der Waals surface area contributed by atoms with Gasteiger partial charge in [-0.2, -0.15) is 5.10 Å². The van der Waals surface area contributed by atoms with Crippen molar-refractivity contribution >= 4 is 46.4 Å². The maximum Gasteiger partial charge on any atom is 0.220 e. The van der Waals surface area contributed by atoms with Gasteiger partial charge in [-0.05, 0) is 82.9 Å². The first-order valence-corrected chi connectivity index (χ1v) is 19.4. The Kier molecular flexibility index (Phi) is 20.7. The highest BCUT2D eigenvalue weighted by molar-refractivity contribution is 6.34. The Labute approximate surface area is 321 Å². The van der Waals surface area contributed by atoms with Crippen LogP contribution in [0.4, 0.5) is 0 Å². The molecule has 2 N–H and O–H groups in total. The van der Waals surface area contributed by atoms with Crippen LogP contribution >= 0.6 is 34.8 Å². The van der Waals surface area contributed by atoms with Gasteiger partial charge >= 0.3 is 0 Å². The summed E-state index contributed by atoms with van der Waals surface area (Å²) in [6.07, 6.45) is 35.8. The van der Waals surface area contributed by atoms with Crippen LogP contribution < -0.4 is 10.6 Å². The minimum atomic E-state index is -0.493. The van der Waals surface area contributed by atoms with Gasteiger partial charge in [-0.25, -0.2) is 4.68 Å². The fourth-order valence-electron chi connectivity index (χ4n) is 5.56. The summed E-state index contributed by atoms with van der Waals surface area (Å²) >= 11 is 19.2. The van der Waals surface area contributed by atoms with Crippen molar-refractivity contribution in [3.8, 4) is 11.3 Å². The Balaban J connectivity index is 1.35. The van der Waals surface area contributed by atoms with Crippen LogP contribution in [0.15, 0.2) is 102 Å². The molecule has 1 heterocycles. The number of amides is 1. The van der Waals surface area contributed by atoms with Crippen LogP contribution in [0.5, 0.6) is 0 Å². The van der Waals surface area contributed by atoms with E-state index in [4.69, 9.17) is 44.6 Å². The number of rotatable bonds is 23. The summed E-state index contributed by atoms with van der Waals surface area (Å²) in [5.41, 5.74) is 4.29. The Morgan fingerprint density at radius 3 is 2.16 bits per heavy atom. The number of halogens is 3. The zero-order chi connectivity index (χ0) is 36.7. The predicted molar refractivity (Wildman–Crippen MR) is 218 cm³/mol. The van der Waals surface area contributed by atoms with E-state index < -0.39 is 6.23 Å². The molecule has 0 bridgehead atoms. The van der Waals surface area contributed by atoms with Crippen molar-refractivity contribution in [1.82, 2.24) is 20.4 Å². The van der Waals surface area contributed by atoms with E-state index in [1.54, 1.807) is 7.11 Å². The van der Waals surface area contributed by atoms with Gasteiger partial charge < -0.3 is 10.1 Å². The van der Waals surface area contributed by atoms with Crippen molar-refractivity contribution in [2.75, 3.05) is 20.2 Å². The third-order valence-electron chi connectivity index (χ3n) is 8.30. The van der Waals surface area contributed by atoms with Crippen LogP contribution in [0.25, 0.3) is 17.0 Å². The van der Waals surface area contributed by atoms with Crippen molar-refractivity contribution in [3.05, 3.63) is 118 Å². The topological polar surface area (TPSA) is 68.2 Å². The van der Waals surface area contributed by atoms with E-state index in [9.17, 15) is 4.79 Å². The highest BCUT2D eigenvalue weighted by Crippen LogP contribution is 2.36. The minimum absolute atomic E-state index is 0.0310. The monoisotopic (exact) mass is 752 g/mol. The number of hydrogen-bond donors (Lipinski definition) is 2. The van der Waals surface area contributed by atoms with Crippen LogP contribution in [0.3, 0.4) is 0 Å². The molecule has 1 aliphatic rings. The summed E-state index contributed by atoms with van der Waals surface area (Å²) in [6.45, 7) is 5.16. The number of allylic oxidation sites excluding steroid dienone is 14. The molecule has 0 radical (unpaired) electrons. The summed E-state index contributed by atoms with van der Waals surface area (Å²) in [5.74, 6) is 0.0310. The number of aromatic nitrogens is 2. The summed E-state index contributed by atoms with van der Waals surface area (Å²) in [4.78, 5) is 12.4. The van der Waals surface area contributed by atoms with Gasteiger partial charge in [0.2, 0.25) is 5.91 Å². The summed E-state index contributed by atoms with van der Waals surface area (Å²) in [5, 5.41) is 12.5. The predicted octanol–water partition coefficient (Wildman–Crippen LogP) is 11.5. The lowest BCUT2D eigenvalue weighted by Crippen LogP contribution is -2.34. The SMILES string of the molecule is CC/C=C/C/C=C/C/C=C\C/C=C/CCCC/C=C/CCC(=O)NCCNC(OC)c1nn(C2=C(Cl)CC(Cl)C=C2)c(-c2ccc(Cl)cc2)c1C. The van der Waals surface area contributed by atoms with E-state index >= 15 is 0 Å². The average Bonchev–Trinajstić information content (AvgIpc) is 3.45. The molecule has 3 rings (SSSR count). The molecule has 0 saturated heterocycles. The molecule has 9 heteroatoms. The van der Waals surface area contributed by atoms with E-state index in [0.717, 1.165) is 79.6 Å². The maximum atomic E-state index is 12.4. The standard InChI is InChI=1S/C42H55Cl3N4O2/c1-4-5-6-7-8-9-10-11-12-13-14-15-16-17-18-19-20-21-22-23-39(50)46-30-31-47-42(51-3)40-33(2)41(34-24-26-35(43)27-25-34)49(48-40)38-29-28-36(44)32-37(38)45/h5-6,8-9,11-12,14-15,20-21,24-29,36,42,47H,4,7,10,13,16-19,22-23,30-32H2,1-3H3,(H,46,50)/b6-5+,9-8+,12-11-,15-14+,21-20+. The molecule has 6 nitrogen and oxygen atoms in total. The molecule has 2 atom stereocenters. The number of hydrogen-bond acceptors (Lipinski definition) is 4. The molecule has 0 aliphatic heterocycles. The molecule has 0 fully saturated rings. The molecule has 2 unspecified atom stereocenters. The van der Waals surface area contributed by atoms with Gasteiger partial charge in [-0.1, -0.05) is 109 Å². The molecule has 1 amide bonds. The first kappa shape index (κ1) is 42.3. The summed E-state index contributed by atoms with van der Waals surface area (Å²) < 4.78 is 7.67. The Hall–Kier alpha value is -3.13. The highest BCUT2D eigenvalue weighted by Gasteiger charge is 2.26. The van der Waals surface area contributed by atoms with Crippen molar-refractivity contribution in [1.29, 1.82) is 0 Å². The van der Waals surface area contributed by atoms with Crippen LogP contribution in [0.1, 0.15) is 95.0 Å². The van der Waals surface area contributed by atoms with Gasteiger partial charge in [0.25, 0.3) is 0 Å². The third-order valence-corrected chi connectivity index (χ3v) is 9.20. The van der Waals surface area contributed by atoms with Gasteiger partial charge in [0.15, 0.2) is 6.23 Å². The van der Waals surface area contributed by atoms with Crippen LogP contribution in [-0.2, 0) is 9.53 Å². The molecule has 2 aromatic rings. The molecule has 0 saturated carbocycles. The maximum absolute atomic E-state index is 12.4. The molecule has 51 heavy (non-hydrogen) atoms. The quantitative estimate of drug-likeness (QED) is 0.0513. The number of unbranched alkanes of at least 4 members (excludes halogenated alkanes) is 3. The second-order valence-corrected chi connectivity index (χ2v) is 13.8. The molecule has 276 valence electrons. The number of benzene rings is 1. The van der Waals surface area contributed by atoms with Crippen molar-refractivity contribution in [3.63, 3.8) is 0 Å². The lowest BCUT2D eigenvalue weighted by atomic mass is 10.1. The minimum Gasteiger partial charge on any atom is -0.361 e. The fraction of sp³-hybridized carbons (Fsp3) is 0.429. The number of carbonyl (C=O) groups is 1. The van der Waals surface area contributed by atoms with Gasteiger partial charge in [0, 0.05) is 54.2 Å². The number of carbonyl (C=O) groups excluding carboxylic acids is 1. The number of methoxy groups -OCH3 is 1. The third kappa shape index (κ3) is 15.6. The average molecular weight is 754 g/mol. The van der Waals surface area contributed by atoms with Crippen LogP contribution in [0, 0.1) is 6.92 Å². The first-order valence-electron chi connectivity index (χ1n) is 18.2. The van der Waals surface area contributed by atoms with Crippen molar-refractivity contribution < 1.29 is 9.53 Å². The normalized spacial score (nSPS) is 15.9. The largest absolute Gasteiger partial charge is 0.361 e. The summed E-state index contributed by atoms with van der Waals surface area (Å²) in [7, 11) is 1.64.